The molecule has 0 aromatic carbocycles. The summed E-state index contributed by atoms with van der Waals surface area (Å²) in [5, 5.41) is 0. The van der Waals surface area contributed by atoms with E-state index in [-0.39, 0.29) is 95.0 Å². The van der Waals surface area contributed by atoms with Crippen LogP contribution in [0.25, 0.3) is 0 Å². The lowest BCUT2D eigenvalue weighted by Crippen LogP contribution is -2.47. The van der Waals surface area contributed by atoms with Gasteiger partial charge in [0.15, 0.2) is 0 Å². The zero-order valence-corrected chi connectivity index (χ0v) is 35.2. The Labute approximate surface area is 354 Å². The third-order valence-corrected chi connectivity index (χ3v) is 14.1. The van der Waals surface area contributed by atoms with Crippen LogP contribution in [-0.4, -0.2) is 95.6 Å². The Morgan fingerprint density at radius 1 is 0.607 bits per heavy atom. The summed E-state index contributed by atoms with van der Waals surface area (Å²) in [6.07, 6.45) is 10.8. The highest BCUT2D eigenvalue weighted by Crippen LogP contribution is 2.60. The molecule has 14 unspecified atom stereocenters. The van der Waals surface area contributed by atoms with Crippen molar-refractivity contribution in [1.29, 1.82) is 0 Å². The Morgan fingerprint density at radius 2 is 1.20 bits per heavy atom. The molecule has 8 bridgehead atoms. The lowest BCUT2D eigenvalue weighted by Gasteiger charge is -2.38. The second kappa shape index (κ2) is 17.2. The van der Waals surface area contributed by atoms with Crippen molar-refractivity contribution in [2.45, 2.75) is 146 Å². The number of rotatable bonds is 8. The predicted octanol–water partition coefficient (Wildman–Crippen LogP) is 4.66. The van der Waals surface area contributed by atoms with Crippen molar-refractivity contribution >= 4 is 47.8 Å². The monoisotopic (exact) mass is 852 g/mol. The molecule has 0 amide bonds. The average Bonchev–Trinajstić information content (AvgIpc) is 4.03. The Morgan fingerprint density at radius 3 is 1.84 bits per heavy atom. The topological polar surface area (TPSA) is 210 Å². The van der Waals surface area contributed by atoms with E-state index in [1.54, 1.807) is 0 Å². The predicted molar refractivity (Wildman–Crippen MR) is 210 cm³/mol. The number of esters is 8. The number of ether oxygens (including phenoxy) is 8. The van der Waals surface area contributed by atoms with Crippen LogP contribution in [0.4, 0.5) is 0 Å². The van der Waals surface area contributed by atoms with Crippen LogP contribution < -0.4 is 0 Å². The first-order valence-electron chi connectivity index (χ1n) is 20.9. The van der Waals surface area contributed by atoms with Gasteiger partial charge in [0.05, 0.1) is 22.7 Å². The average molecular weight is 853 g/mol. The first kappa shape index (κ1) is 45.3. The molecule has 4 heterocycles. The van der Waals surface area contributed by atoms with Gasteiger partial charge in [0.1, 0.15) is 47.8 Å². The van der Waals surface area contributed by atoms with E-state index < -0.39 is 35.1 Å². The van der Waals surface area contributed by atoms with Crippen LogP contribution in [-0.2, 0) is 76.3 Å². The summed E-state index contributed by atoms with van der Waals surface area (Å²) in [5.74, 6) is -1.82. The highest BCUT2D eigenvalue weighted by Gasteiger charge is 2.69. The smallest absolute Gasteiger partial charge is 0.330 e. The third-order valence-electron chi connectivity index (χ3n) is 14.1. The van der Waals surface area contributed by atoms with Crippen molar-refractivity contribution in [3.05, 3.63) is 50.6 Å². The highest BCUT2D eigenvalue weighted by atomic mass is 16.6. The maximum Gasteiger partial charge on any atom is 0.330 e. The summed E-state index contributed by atoms with van der Waals surface area (Å²) in [6, 6.07) is 0. The zero-order valence-electron chi connectivity index (χ0n) is 35.2. The van der Waals surface area contributed by atoms with E-state index in [2.05, 4.69) is 26.3 Å². The molecule has 9 fully saturated rings. The van der Waals surface area contributed by atoms with Crippen LogP contribution in [0.15, 0.2) is 50.6 Å². The van der Waals surface area contributed by atoms with Crippen LogP contribution >= 0.6 is 0 Å². The molecule has 0 radical (unpaired) electrons. The van der Waals surface area contributed by atoms with Gasteiger partial charge in [0.25, 0.3) is 0 Å². The Balaban J connectivity index is 0.000000136. The molecule has 4 aliphatic heterocycles. The van der Waals surface area contributed by atoms with Gasteiger partial charge in [-0.1, -0.05) is 26.3 Å². The maximum atomic E-state index is 11.6. The number of fused-ring (bicyclic) bond motifs is 7. The zero-order chi connectivity index (χ0) is 44.7. The molecule has 4 saturated heterocycles. The molecular formula is C45H56O16. The molecule has 14 atom stereocenters. The van der Waals surface area contributed by atoms with Gasteiger partial charge in [-0.15, -0.1) is 0 Å². The second-order valence-electron chi connectivity index (χ2n) is 18.3. The standard InChI is InChI=1S/C12H14O4.C12H16O4.C11H14O4.C10H12O4/c1-3-9(13)16-12(2)6-4-7-8(5-6)11(14)15-10(7)12;1-4-9(13)16-12(3)6-5-11(2)7-8(12)15-10(11)14;1-3-9(12)14-7-4-5-11(2)6-8(7)15-10(11)13;1-2-9(11)13-7-4-3-6-5-8(7)14-10(6)12/h3,6-8,10H,1,4-5H2,2H3;4,8H,1,5-7H2,2-3H3;3,7-8H,1,4-6H2,2H3;2,6-8H,1,3-5H2. The SMILES string of the molecule is C=CC(=O)OC1(C)C2CC3C(=O)OC1C3C2.C=CC(=O)OC1(C)CCC2(C)CC1OC2=O.C=CC(=O)OC1CCC2(C)CC1OC2=O.C=CC(=O)OC1CCC2CC1OC2=O. The molecule has 16 heteroatoms. The molecule has 5 saturated carbocycles. The fraction of sp³-hybridized carbons (Fsp3) is 0.644. The number of carbonyl (C=O) groups excluding carboxylic acids is 8. The van der Waals surface area contributed by atoms with Crippen molar-refractivity contribution in [3.8, 4) is 0 Å². The molecule has 0 aromatic heterocycles. The molecule has 9 rings (SSSR count). The van der Waals surface area contributed by atoms with E-state index in [4.69, 9.17) is 37.9 Å². The molecule has 61 heavy (non-hydrogen) atoms. The van der Waals surface area contributed by atoms with Gasteiger partial charge in [-0.25, -0.2) is 19.2 Å². The third kappa shape index (κ3) is 8.90. The fourth-order valence-corrected chi connectivity index (χ4v) is 10.3. The van der Waals surface area contributed by atoms with E-state index in [9.17, 15) is 38.4 Å². The molecular weight excluding hydrogens is 796 g/mol. The highest BCUT2D eigenvalue weighted by molar-refractivity contribution is 5.84. The van der Waals surface area contributed by atoms with Gasteiger partial charge in [0.2, 0.25) is 0 Å². The van der Waals surface area contributed by atoms with Crippen LogP contribution in [0.2, 0.25) is 0 Å². The largest absolute Gasteiger partial charge is 0.458 e. The molecule has 9 aliphatic rings. The summed E-state index contributed by atoms with van der Waals surface area (Å²) in [4.78, 5) is 90.4. The van der Waals surface area contributed by atoms with E-state index in [1.807, 2.05) is 27.7 Å². The van der Waals surface area contributed by atoms with Gasteiger partial charge in [0, 0.05) is 55.4 Å². The van der Waals surface area contributed by atoms with Crippen molar-refractivity contribution in [2.24, 2.45) is 34.5 Å². The minimum Gasteiger partial charge on any atom is -0.458 e. The van der Waals surface area contributed by atoms with Gasteiger partial charge in [-0.3, -0.25) is 19.2 Å². The molecule has 0 aromatic rings. The van der Waals surface area contributed by atoms with Crippen molar-refractivity contribution in [1.82, 2.24) is 0 Å². The summed E-state index contributed by atoms with van der Waals surface area (Å²) >= 11 is 0. The minimum absolute atomic E-state index is 0.0266. The second-order valence-corrected chi connectivity index (χ2v) is 18.3. The summed E-state index contributed by atoms with van der Waals surface area (Å²) in [5.41, 5.74) is -2.08. The Bertz CT molecular complexity index is 1890. The van der Waals surface area contributed by atoms with Crippen molar-refractivity contribution in [2.75, 3.05) is 0 Å². The lowest BCUT2D eigenvalue weighted by molar-refractivity contribution is -0.174. The Hall–Kier alpha value is -5.28. The van der Waals surface area contributed by atoms with Gasteiger partial charge in [-0.05, 0) is 79.1 Å². The Kier molecular flexibility index (Phi) is 12.8. The number of hydrogen-bond donors (Lipinski definition) is 0. The normalized spacial score (nSPS) is 40.9. The minimum atomic E-state index is -0.697. The van der Waals surface area contributed by atoms with Crippen LogP contribution in [0.3, 0.4) is 0 Å². The van der Waals surface area contributed by atoms with E-state index in [0.29, 0.717) is 44.9 Å². The first-order valence-corrected chi connectivity index (χ1v) is 20.9. The summed E-state index contributed by atoms with van der Waals surface area (Å²) in [6.45, 7) is 20.9. The molecule has 0 N–H and O–H groups in total. The maximum absolute atomic E-state index is 11.6. The van der Waals surface area contributed by atoms with Gasteiger partial charge < -0.3 is 37.9 Å². The lowest BCUT2D eigenvalue weighted by atomic mass is 9.71. The molecule has 332 valence electrons. The van der Waals surface area contributed by atoms with Crippen molar-refractivity contribution < 1.29 is 76.3 Å². The van der Waals surface area contributed by atoms with Crippen LogP contribution in [0.5, 0.6) is 0 Å². The first-order chi connectivity index (χ1) is 28.7. The fourth-order valence-electron chi connectivity index (χ4n) is 10.3. The van der Waals surface area contributed by atoms with Crippen LogP contribution in [0.1, 0.15) is 98.3 Å². The number of hydrogen-bond acceptors (Lipinski definition) is 16. The van der Waals surface area contributed by atoms with Crippen LogP contribution in [0, 0.1) is 34.5 Å². The van der Waals surface area contributed by atoms with Gasteiger partial charge in [-0.2, -0.15) is 0 Å². The molecule has 5 aliphatic carbocycles. The van der Waals surface area contributed by atoms with E-state index >= 15 is 0 Å². The van der Waals surface area contributed by atoms with E-state index in [1.165, 1.54) is 0 Å². The summed E-state index contributed by atoms with van der Waals surface area (Å²) < 4.78 is 41.9. The van der Waals surface area contributed by atoms with E-state index in [0.717, 1.165) is 50.0 Å². The molecule has 0 spiro atoms. The quantitative estimate of drug-likeness (QED) is 0.185. The number of carbonyl (C=O) groups is 8. The summed E-state index contributed by atoms with van der Waals surface area (Å²) in [7, 11) is 0. The van der Waals surface area contributed by atoms with Crippen molar-refractivity contribution in [3.63, 3.8) is 0 Å². The molecule has 16 nitrogen and oxygen atoms in total. The van der Waals surface area contributed by atoms with Gasteiger partial charge >= 0.3 is 47.8 Å².